The second kappa shape index (κ2) is 9.03. The molecule has 1 saturated heterocycles. The van der Waals surface area contributed by atoms with E-state index in [0.717, 1.165) is 18.2 Å². The van der Waals surface area contributed by atoms with Gasteiger partial charge in [0.1, 0.15) is 29.1 Å². The Balaban J connectivity index is 2.15. The van der Waals surface area contributed by atoms with Gasteiger partial charge in [-0.2, -0.15) is 0 Å². The van der Waals surface area contributed by atoms with Crippen LogP contribution in [0, 0.1) is 11.6 Å². The van der Waals surface area contributed by atoms with E-state index in [1.54, 1.807) is 27.7 Å². The Morgan fingerprint density at radius 2 is 1.86 bits per heavy atom. The highest BCUT2D eigenvalue weighted by atomic mass is 19.1. The van der Waals surface area contributed by atoms with E-state index in [4.69, 9.17) is 14.2 Å². The SMILES string of the molecule is CCOC(=O)/C=C/[C@@H]1C[C@@H](Oc2cc(F)cc(F)c2)CN1C(=O)OC(C)(C)C. The molecule has 0 unspecified atom stereocenters. The van der Waals surface area contributed by atoms with Crippen molar-refractivity contribution >= 4 is 12.1 Å². The van der Waals surface area contributed by atoms with Gasteiger partial charge in [0.05, 0.1) is 19.2 Å². The number of rotatable bonds is 5. The van der Waals surface area contributed by atoms with Gasteiger partial charge in [-0.25, -0.2) is 18.4 Å². The van der Waals surface area contributed by atoms with Crippen molar-refractivity contribution < 1.29 is 32.6 Å². The number of nitrogens with zero attached hydrogens (tertiary/aromatic N) is 1. The molecule has 2 rings (SSSR count). The average Bonchev–Trinajstić information content (AvgIpc) is 2.93. The molecule has 1 aromatic carbocycles. The zero-order valence-electron chi connectivity index (χ0n) is 16.4. The fraction of sp³-hybridized carbons (Fsp3) is 0.500. The van der Waals surface area contributed by atoms with E-state index >= 15 is 0 Å². The first-order valence-electron chi connectivity index (χ1n) is 9.04. The maximum Gasteiger partial charge on any atom is 0.410 e. The second-order valence-electron chi connectivity index (χ2n) is 7.39. The molecular weight excluding hydrogens is 372 g/mol. The van der Waals surface area contributed by atoms with E-state index in [1.165, 1.54) is 17.1 Å². The quantitative estimate of drug-likeness (QED) is 0.558. The van der Waals surface area contributed by atoms with Crippen LogP contribution in [0.5, 0.6) is 5.75 Å². The monoisotopic (exact) mass is 397 g/mol. The first-order valence-corrected chi connectivity index (χ1v) is 9.04. The van der Waals surface area contributed by atoms with Crippen molar-refractivity contribution in [1.82, 2.24) is 4.90 Å². The van der Waals surface area contributed by atoms with Crippen LogP contribution in [0.3, 0.4) is 0 Å². The standard InChI is InChI=1S/C20H25F2NO5/c1-5-26-18(24)7-6-15-11-17(12-23(15)19(25)28-20(2,3)4)27-16-9-13(21)8-14(22)10-16/h6-10,15,17H,5,11-12H2,1-4H3/b7-6+/t15-,17-/m1/s1. The molecule has 0 aliphatic carbocycles. The topological polar surface area (TPSA) is 65.1 Å². The summed E-state index contributed by atoms with van der Waals surface area (Å²) in [7, 11) is 0. The van der Waals surface area contributed by atoms with Gasteiger partial charge in [0.15, 0.2) is 0 Å². The molecule has 0 N–H and O–H groups in total. The summed E-state index contributed by atoms with van der Waals surface area (Å²) in [6.45, 7) is 7.30. The number of esters is 1. The lowest BCUT2D eigenvalue weighted by atomic mass is 10.2. The van der Waals surface area contributed by atoms with Crippen LogP contribution in [0.1, 0.15) is 34.1 Å². The van der Waals surface area contributed by atoms with Crippen LogP contribution in [0.25, 0.3) is 0 Å². The largest absolute Gasteiger partial charge is 0.488 e. The number of carbonyl (C=O) groups is 2. The van der Waals surface area contributed by atoms with Crippen LogP contribution >= 0.6 is 0 Å². The smallest absolute Gasteiger partial charge is 0.410 e. The van der Waals surface area contributed by atoms with Crippen molar-refractivity contribution in [3.05, 3.63) is 42.0 Å². The number of carbonyl (C=O) groups excluding carboxylic acids is 2. The van der Waals surface area contributed by atoms with E-state index in [0.29, 0.717) is 6.42 Å². The zero-order valence-corrected chi connectivity index (χ0v) is 16.4. The summed E-state index contributed by atoms with van der Waals surface area (Å²) in [6, 6.07) is 2.41. The molecule has 8 heteroatoms. The number of hydrogen-bond acceptors (Lipinski definition) is 5. The van der Waals surface area contributed by atoms with Crippen LogP contribution in [0.2, 0.25) is 0 Å². The molecule has 1 fully saturated rings. The molecule has 0 aromatic heterocycles. The van der Waals surface area contributed by atoms with E-state index in [-0.39, 0.29) is 18.9 Å². The van der Waals surface area contributed by atoms with Gasteiger partial charge >= 0.3 is 12.1 Å². The van der Waals surface area contributed by atoms with E-state index in [1.807, 2.05) is 0 Å². The Hall–Kier alpha value is -2.64. The fourth-order valence-electron chi connectivity index (χ4n) is 2.79. The maximum atomic E-state index is 13.4. The predicted octanol–water partition coefficient (Wildman–Crippen LogP) is 3.84. The molecule has 1 aliphatic rings. The van der Waals surface area contributed by atoms with Crippen LogP contribution in [0.15, 0.2) is 30.4 Å². The summed E-state index contributed by atoms with van der Waals surface area (Å²) in [5, 5.41) is 0. The Kier molecular flexibility index (Phi) is 6.99. The Morgan fingerprint density at radius 1 is 1.21 bits per heavy atom. The number of amides is 1. The Morgan fingerprint density at radius 3 is 2.43 bits per heavy atom. The molecule has 2 atom stereocenters. The van der Waals surface area contributed by atoms with Crippen molar-refractivity contribution in [3.63, 3.8) is 0 Å². The summed E-state index contributed by atoms with van der Waals surface area (Å²) < 4.78 is 42.7. The molecule has 0 bridgehead atoms. The zero-order chi connectivity index (χ0) is 20.9. The molecule has 6 nitrogen and oxygen atoms in total. The van der Waals surface area contributed by atoms with Crippen LogP contribution < -0.4 is 4.74 Å². The minimum Gasteiger partial charge on any atom is -0.488 e. The maximum absolute atomic E-state index is 13.4. The third-order valence-electron chi connectivity index (χ3n) is 3.81. The van der Waals surface area contributed by atoms with Crippen molar-refractivity contribution in [2.45, 2.75) is 51.9 Å². The number of ether oxygens (including phenoxy) is 3. The summed E-state index contributed by atoms with van der Waals surface area (Å²) in [5.41, 5.74) is -0.697. The molecule has 0 saturated carbocycles. The molecule has 154 valence electrons. The highest BCUT2D eigenvalue weighted by molar-refractivity contribution is 5.82. The molecule has 1 amide bonds. The number of likely N-dealkylation sites (tertiary alicyclic amines) is 1. The Labute approximate surface area is 163 Å². The van der Waals surface area contributed by atoms with Gasteiger partial charge in [0.25, 0.3) is 0 Å². The van der Waals surface area contributed by atoms with Gasteiger partial charge in [0, 0.05) is 30.7 Å². The summed E-state index contributed by atoms with van der Waals surface area (Å²) in [5.74, 6) is -2.00. The summed E-state index contributed by atoms with van der Waals surface area (Å²) >= 11 is 0. The molecule has 1 aromatic rings. The highest BCUT2D eigenvalue weighted by Crippen LogP contribution is 2.26. The summed E-state index contributed by atoms with van der Waals surface area (Å²) in [4.78, 5) is 25.5. The second-order valence-corrected chi connectivity index (χ2v) is 7.39. The third kappa shape index (κ3) is 6.51. The van der Waals surface area contributed by atoms with E-state index in [2.05, 4.69) is 0 Å². The van der Waals surface area contributed by atoms with Crippen molar-refractivity contribution in [1.29, 1.82) is 0 Å². The van der Waals surface area contributed by atoms with Gasteiger partial charge in [0.2, 0.25) is 0 Å². The Bertz CT molecular complexity index is 724. The molecule has 0 radical (unpaired) electrons. The number of hydrogen-bond donors (Lipinski definition) is 0. The normalized spacial score (nSPS) is 19.7. The predicted molar refractivity (Wildman–Crippen MR) is 97.9 cm³/mol. The number of benzene rings is 1. The van der Waals surface area contributed by atoms with Crippen LogP contribution in [-0.2, 0) is 14.3 Å². The molecule has 1 aliphatic heterocycles. The molecule has 28 heavy (non-hydrogen) atoms. The number of halogens is 2. The van der Waals surface area contributed by atoms with E-state index in [9.17, 15) is 18.4 Å². The molecular formula is C20H25F2NO5. The highest BCUT2D eigenvalue weighted by Gasteiger charge is 2.37. The third-order valence-corrected chi connectivity index (χ3v) is 3.81. The molecule has 1 heterocycles. The van der Waals surface area contributed by atoms with Gasteiger partial charge in [-0.1, -0.05) is 6.08 Å². The minimum absolute atomic E-state index is 0.0293. The van der Waals surface area contributed by atoms with Crippen molar-refractivity contribution in [3.8, 4) is 5.75 Å². The van der Waals surface area contributed by atoms with Gasteiger partial charge < -0.3 is 14.2 Å². The van der Waals surface area contributed by atoms with Gasteiger partial charge in [-0.3, -0.25) is 4.90 Å². The van der Waals surface area contributed by atoms with Crippen molar-refractivity contribution in [2.75, 3.05) is 13.2 Å². The first kappa shape index (κ1) is 21.7. The minimum atomic E-state index is -0.754. The van der Waals surface area contributed by atoms with Crippen LogP contribution in [-0.4, -0.2) is 47.9 Å². The molecule has 0 spiro atoms. The lowest BCUT2D eigenvalue weighted by Gasteiger charge is -2.27. The lowest BCUT2D eigenvalue weighted by molar-refractivity contribution is -0.137. The lowest BCUT2D eigenvalue weighted by Crippen LogP contribution is -2.39. The van der Waals surface area contributed by atoms with Gasteiger partial charge in [-0.05, 0) is 27.7 Å². The summed E-state index contributed by atoms with van der Waals surface area (Å²) in [6.07, 6.45) is 2.02. The van der Waals surface area contributed by atoms with Crippen LogP contribution in [0.4, 0.5) is 13.6 Å². The van der Waals surface area contributed by atoms with Crippen molar-refractivity contribution in [2.24, 2.45) is 0 Å². The fourth-order valence-corrected chi connectivity index (χ4v) is 2.79. The van der Waals surface area contributed by atoms with E-state index < -0.39 is 41.4 Å². The first-order chi connectivity index (χ1) is 13.1. The average molecular weight is 397 g/mol. The van der Waals surface area contributed by atoms with Gasteiger partial charge in [-0.15, -0.1) is 0 Å².